The minimum Gasteiger partial charge on any atom is -0.494 e. The van der Waals surface area contributed by atoms with Gasteiger partial charge in [-0.05, 0) is 73.8 Å². The second-order valence-corrected chi connectivity index (χ2v) is 9.26. The molecule has 31 heavy (non-hydrogen) atoms. The summed E-state index contributed by atoms with van der Waals surface area (Å²) < 4.78 is 24.4. The SMILES string of the molecule is COc1ccc(-c2ccc(N[C@H]3C[C@@H]4CN(CC5CCOCC5)C[C@@H]4C3)nn2)cc1F. The summed E-state index contributed by atoms with van der Waals surface area (Å²) in [5.41, 5.74) is 1.34. The summed E-state index contributed by atoms with van der Waals surface area (Å²) in [6.07, 6.45) is 4.83. The van der Waals surface area contributed by atoms with E-state index in [0.717, 1.165) is 36.8 Å². The lowest BCUT2D eigenvalue weighted by Crippen LogP contribution is -2.32. The third-order valence-corrected chi connectivity index (χ3v) is 7.15. The Balaban J connectivity index is 1.13. The number of methoxy groups -OCH3 is 1. The highest BCUT2D eigenvalue weighted by Crippen LogP contribution is 2.39. The fourth-order valence-electron chi connectivity index (χ4n) is 5.56. The van der Waals surface area contributed by atoms with E-state index in [1.54, 1.807) is 12.1 Å². The standard InChI is InChI=1S/C24H31FN4O2/c1-30-23-4-2-17(12-21(23)25)22-3-5-24(28-27-22)26-20-10-18-14-29(15-19(18)11-20)13-16-6-8-31-9-7-16/h2-5,12,16,18-20H,6-11,13-15H2,1H3,(H,26,28)/t18-,19+,20+. The molecule has 6 nitrogen and oxygen atoms in total. The topological polar surface area (TPSA) is 59.5 Å². The molecule has 0 amide bonds. The van der Waals surface area contributed by atoms with Crippen LogP contribution in [0.15, 0.2) is 30.3 Å². The summed E-state index contributed by atoms with van der Waals surface area (Å²) >= 11 is 0. The van der Waals surface area contributed by atoms with E-state index in [9.17, 15) is 4.39 Å². The van der Waals surface area contributed by atoms with Crippen LogP contribution in [0.1, 0.15) is 25.7 Å². The van der Waals surface area contributed by atoms with Crippen LogP contribution in [0.5, 0.6) is 5.75 Å². The number of likely N-dealkylation sites (tertiary alicyclic amines) is 1. The maximum Gasteiger partial charge on any atom is 0.165 e. The number of anilines is 1. The quantitative estimate of drug-likeness (QED) is 0.757. The Hall–Kier alpha value is -2.25. The second-order valence-electron chi connectivity index (χ2n) is 9.26. The van der Waals surface area contributed by atoms with Gasteiger partial charge >= 0.3 is 0 Å². The van der Waals surface area contributed by atoms with Crippen LogP contribution < -0.4 is 10.1 Å². The molecule has 166 valence electrons. The lowest BCUT2D eigenvalue weighted by atomic mass is 10.00. The Labute approximate surface area is 183 Å². The largest absolute Gasteiger partial charge is 0.494 e. The Bertz CT molecular complexity index is 874. The number of rotatable bonds is 6. The summed E-state index contributed by atoms with van der Waals surface area (Å²) in [7, 11) is 1.46. The third-order valence-electron chi connectivity index (χ3n) is 7.15. The molecule has 3 atom stereocenters. The van der Waals surface area contributed by atoms with E-state index in [2.05, 4.69) is 20.4 Å². The van der Waals surface area contributed by atoms with Gasteiger partial charge in [-0.15, -0.1) is 10.2 Å². The number of hydrogen-bond acceptors (Lipinski definition) is 6. The first-order valence-electron chi connectivity index (χ1n) is 11.4. The van der Waals surface area contributed by atoms with Crippen LogP contribution in [0.3, 0.4) is 0 Å². The molecule has 1 saturated carbocycles. The molecule has 1 aromatic heterocycles. The minimum absolute atomic E-state index is 0.230. The molecule has 2 aliphatic heterocycles. The minimum atomic E-state index is -0.396. The van der Waals surface area contributed by atoms with Crippen molar-refractivity contribution in [3.8, 4) is 17.0 Å². The lowest BCUT2D eigenvalue weighted by Gasteiger charge is -2.27. The zero-order valence-electron chi connectivity index (χ0n) is 18.1. The van der Waals surface area contributed by atoms with Gasteiger partial charge in [0, 0.05) is 44.5 Å². The van der Waals surface area contributed by atoms with Gasteiger partial charge < -0.3 is 19.7 Å². The van der Waals surface area contributed by atoms with Gasteiger partial charge in [0.15, 0.2) is 11.6 Å². The van der Waals surface area contributed by atoms with Crippen molar-refractivity contribution in [2.24, 2.45) is 17.8 Å². The van der Waals surface area contributed by atoms with Gasteiger partial charge in [0.2, 0.25) is 0 Å². The molecular weight excluding hydrogens is 395 g/mol. The van der Waals surface area contributed by atoms with Crippen molar-refractivity contribution in [1.82, 2.24) is 15.1 Å². The highest BCUT2D eigenvalue weighted by Gasteiger charge is 2.41. The predicted octanol–water partition coefficient (Wildman–Crippen LogP) is 3.84. The average molecular weight is 427 g/mol. The van der Waals surface area contributed by atoms with Gasteiger partial charge in [-0.25, -0.2) is 4.39 Å². The predicted molar refractivity (Wildman–Crippen MR) is 118 cm³/mol. The van der Waals surface area contributed by atoms with Crippen LogP contribution in [0.2, 0.25) is 0 Å². The summed E-state index contributed by atoms with van der Waals surface area (Å²) in [4.78, 5) is 2.68. The zero-order valence-corrected chi connectivity index (χ0v) is 18.1. The molecule has 0 unspecified atom stereocenters. The van der Waals surface area contributed by atoms with Gasteiger partial charge in [-0.2, -0.15) is 0 Å². The monoisotopic (exact) mass is 426 g/mol. The molecule has 3 fully saturated rings. The van der Waals surface area contributed by atoms with Crippen LogP contribution in [0.25, 0.3) is 11.3 Å². The van der Waals surface area contributed by atoms with E-state index in [4.69, 9.17) is 9.47 Å². The number of ether oxygens (including phenoxy) is 2. The molecule has 0 bridgehead atoms. The molecule has 0 radical (unpaired) electrons. The fourth-order valence-corrected chi connectivity index (χ4v) is 5.56. The molecule has 1 aliphatic carbocycles. The van der Waals surface area contributed by atoms with Crippen LogP contribution in [-0.2, 0) is 4.74 Å². The molecule has 1 N–H and O–H groups in total. The average Bonchev–Trinajstić information content (AvgIpc) is 3.33. The Kier molecular flexibility index (Phi) is 6.05. The van der Waals surface area contributed by atoms with Crippen LogP contribution in [-0.4, -0.2) is 61.1 Å². The molecule has 3 aliphatic rings. The van der Waals surface area contributed by atoms with Crippen molar-refractivity contribution in [3.63, 3.8) is 0 Å². The number of nitrogens with zero attached hydrogens (tertiary/aromatic N) is 3. The molecule has 2 saturated heterocycles. The van der Waals surface area contributed by atoms with Gasteiger partial charge in [-0.1, -0.05) is 0 Å². The Morgan fingerprint density at radius 3 is 2.52 bits per heavy atom. The maximum atomic E-state index is 14.0. The first-order valence-corrected chi connectivity index (χ1v) is 11.4. The Morgan fingerprint density at radius 1 is 1.10 bits per heavy atom. The first-order chi connectivity index (χ1) is 15.2. The van der Waals surface area contributed by atoms with E-state index >= 15 is 0 Å². The summed E-state index contributed by atoms with van der Waals surface area (Å²) in [6, 6.07) is 9.13. The van der Waals surface area contributed by atoms with Gasteiger partial charge in [0.1, 0.15) is 5.82 Å². The molecule has 7 heteroatoms. The smallest absolute Gasteiger partial charge is 0.165 e. The number of hydrogen-bond donors (Lipinski definition) is 1. The van der Waals surface area contributed by atoms with E-state index < -0.39 is 5.82 Å². The van der Waals surface area contributed by atoms with Crippen molar-refractivity contribution in [2.45, 2.75) is 31.7 Å². The molecule has 2 aromatic rings. The van der Waals surface area contributed by atoms with Crippen LogP contribution in [0.4, 0.5) is 10.2 Å². The lowest BCUT2D eigenvalue weighted by molar-refractivity contribution is 0.0545. The van der Waals surface area contributed by atoms with E-state index in [-0.39, 0.29) is 5.75 Å². The van der Waals surface area contributed by atoms with Crippen molar-refractivity contribution < 1.29 is 13.9 Å². The van der Waals surface area contributed by atoms with Gasteiger partial charge in [0.05, 0.1) is 12.8 Å². The van der Waals surface area contributed by atoms with Crippen molar-refractivity contribution >= 4 is 5.82 Å². The van der Waals surface area contributed by atoms with E-state index in [0.29, 0.717) is 17.3 Å². The number of aromatic nitrogens is 2. The summed E-state index contributed by atoms with van der Waals surface area (Å²) in [5.74, 6) is 3.01. The van der Waals surface area contributed by atoms with E-state index in [1.807, 2.05) is 12.1 Å². The molecule has 3 heterocycles. The number of halogens is 1. The first kappa shape index (κ1) is 20.6. The molecule has 1 aromatic carbocycles. The number of benzene rings is 1. The van der Waals surface area contributed by atoms with E-state index in [1.165, 1.54) is 58.5 Å². The Morgan fingerprint density at radius 2 is 1.87 bits per heavy atom. The highest BCUT2D eigenvalue weighted by atomic mass is 19.1. The fraction of sp³-hybridized carbons (Fsp3) is 0.583. The van der Waals surface area contributed by atoms with Crippen molar-refractivity contribution in [3.05, 3.63) is 36.1 Å². The summed E-state index contributed by atoms with van der Waals surface area (Å²) in [6.45, 7) is 5.57. The molecular formula is C24H31FN4O2. The third kappa shape index (κ3) is 4.67. The van der Waals surface area contributed by atoms with Gasteiger partial charge in [0.25, 0.3) is 0 Å². The number of nitrogens with one attached hydrogen (secondary N) is 1. The number of fused-ring (bicyclic) bond motifs is 1. The highest BCUT2D eigenvalue weighted by molar-refractivity contribution is 5.61. The zero-order chi connectivity index (χ0) is 21.2. The van der Waals surface area contributed by atoms with Crippen LogP contribution >= 0.6 is 0 Å². The second kappa shape index (κ2) is 9.09. The summed E-state index contributed by atoms with van der Waals surface area (Å²) in [5, 5.41) is 12.2. The molecule has 5 rings (SSSR count). The van der Waals surface area contributed by atoms with Crippen molar-refractivity contribution in [2.75, 3.05) is 45.3 Å². The van der Waals surface area contributed by atoms with Crippen LogP contribution in [0, 0.1) is 23.6 Å². The maximum absolute atomic E-state index is 14.0. The molecule has 0 spiro atoms. The van der Waals surface area contributed by atoms with Crippen molar-refractivity contribution in [1.29, 1.82) is 0 Å². The van der Waals surface area contributed by atoms with Gasteiger partial charge in [-0.3, -0.25) is 0 Å². The normalized spacial score (nSPS) is 26.7.